The second-order valence-electron chi connectivity index (χ2n) is 10.2. The van der Waals surface area contributed by atoms with E-state index in [9.17, 15) is 9.18 Å². The maximum atomic E-state index is 14.4. The third-order valence-electron chi connectivity index (χ3n) is 7.66. The highest BCUT2D eigenvalue weighted by molar-refractivity contribution is 5.82. The molecule has 1 N–H and O–H groups in total. The molecule has 0 unspecified atom stereocenters. The van der Waals surface area contributed by atoms with Gasteiger partial charge in [0, 0.05) is 68.6 Å². The lowest BCUT2D eigenvalue weighted by atomic mass is 9.84. The van der Waals surface area contributed by atoms with Gasteiger partial charge in [-0.15, -0.1) is 0 Å². The summed E-state index contributed by atoms with van der Waals surface area (Å²) in [5.74, 6) is 1.39. The van der Waals surface area contributed by atoms with Crippen LogP contribution in [0, 0.1) is 11.7 Å². The normalized spacial score (nSPS) is 16.5. The highest BCUT2D eigenvalue weighted by Crippen LogP contribution is 2.29. The minimum Gasteiger partial charge on any atom is -0.481 e. The predicted molar refractivity (Wildman–Crippen MR) is 142 cm³/mol. The van der Waals surface area contributed by atoms with Gasteiger partial charge in [0.15, 0.2) is 0 Å². The van der Waals surface area contributed by atoms with Gasteiger partial charge in [-0.05, 0) is 48.2 Å². The summed E-state index contributed by atoms with van der Waals surface area (Å²) < 4.78 is 19.6. The number of methoxy groups -OCH3 is 1. The first-order chi connectivity index (χ1) is 18.6. The fourth-order valence-corrected chi connectivity index (χ4v) is 5.26. The molecular weight excluding hydrogens is 483 g/mol. The summed E-state index contributed by atoms with van der Waals surface area (Å²) in [5.41, 5.74) is 4.94. The van der Waals surface area contributed by atoms with Gasteiger partial charge in [-0.3, -0.25) is 14.7 Å². The van der Waals surface area contributed by atoms with Crippen molar-refractivity contribution in [1.82, 2.24) is 29.7 Å². The van der Waals surface area contributed by atoms with Crippen molar-refractivity contribution < 1.29 is 13.9 Å². The van der Waals surface area contributed by atoms with Crippen LogP contribution in [0.25, 0.3) is 22.2 Å². The minimum atomic E-state index is -0.405. The van der Waals surface area contributed by atoms with Gasteiger partial charge in [0.25, 0.3) is 0 Å². The fraction of sp³-hybridized carbons (Fsp3) is 0.379. The molecule has 1 aromatic carbocycles. The molecule has 1 aliphatic heterocycles. The van der Waals surface area contributed by atoms with Gasteiger partial charge < -0.3 is 14.6 Å². The topological polar surface area (TPSA) is 87.2 Å². The molecule has 1 saturated heterocycles. The van der Waals surface area contributed by atoms with Crippen molar-refractivity contribution in [3.8, 4) is 17.0 Å². The molecule has 1 amide bonds. The Balaban J connectivity index is 1.11. The number of benzene rings is 1. The molecule has 2 fully saturated rings. The average Bonchev–Trinajstić information content (AvgIpc) is 3.30. The number of aromatic nitrogens is 4. The number of imidazole rings is 1. The Morgan fingerprint density at radius 1 is 1.11 bits per heavy atom. The Bertz CT molecular complexity index is 1460. The van der Waals surface area contributed by atoms with E-state index in [4.69, 9.17) is 9.72 Å². The molecule has 8 nitrogen and oxygen atoms in total. The van der Waals surface area contributed by atoms with E-state index in [1.807, 2.05) is 29.3 Å². The Morgan fingerprint density at radius 2 is 1.95 bits per heavy atom. The van der Waals surface area contributed by atoms with E-state index in [1.165, 1.54) is 25.3 Å². The smallest absolute Gasteiger partial charge is 0.225 e. The van der Waals surface area contributed by atoms with Crippen LogP contribution in [0.15, 0.2) is 48.8 Å². The molecule has 4 aromatic rings. The molecule has 4 heterocycles. The van der Waals surface area contributed by atoms with Crippen LogP contribution >= 0.6 is 0 Å². The number of piperazine rings is 1. The van der Waals surface area contributed by atoms with Crippen molar-refractivity contribution in [1.29, 1.82) is 0 Å². The van der Waals surface area contributed by atoms with Crippen molar-refractivity contribution >= 4 is 16.9 Å². The van der Waals surface area contributed by atoms with E-state index >= 15 is 0 Å². The van der Waals surface area contributed by atoms with Gasteiger partial charge in [0.05, 0.1) is 24.3 Å². The van der Waals surface area contributed by atoms with Crippen molar-refractivity contribution in [2.75, 3.05) is 33.3 Å². The van der Waals surface area contributed by atoms with E-state index < -0.39 is 5.82 Å². The zero-order valence-electron chi connectivity index (χ0n) is 21.5. The number of rotatable bonds is 7. The van der Waals surface area contributed by atoms with Crippen molar-refractivity contribution in [3.63, 3.8) is 0 Å². The van der Waals surface area contributed by atoms with Crippen molar-refractivity contribution in [2.45, 2.75) is 32.2 Å². The summed E-state index contributed by atoms with van der Waals surface area (Å²) in [4.78, 5) is 33.5. The number of ether oxygens (including phenoxy) is 1. The Labute approximate surface area is 220 Å². The number of carbonyl (C=O) groups excluding carboxylic acids is 1. The first-order valence-electron chi connectivity index (χ1n) is 13.2. The van der Waals surface area contributed by atoms with Gasteiger partial charge in [-0.2, -0.15) is 0 Å². The van der Waals surface area contributed by atoms with Crippen LogP contribution in [0.5, 0.6) is 5.88 Å². The summed E-state index contributed by atoms with van der Waals surface area (Å²) in [6.07, 6.45) is 6.90. The molecule has 0 radical (unpaired) electrons. The molecular formula is C29H31FN6O2. The first kappa shape index (κ1) is 24.5. The Kier molecular flexibility index (Phi) is 6.76. The molecule has 196 valence electrons. The highest BCUT2D eigenvalue weighted by atomic mass is 19.1. The lowest BCUT2D eigenvalue weighted by Crippen LogP contribution is -2.50. The molecule has 3 aromatic heterocycles. The van der Waals surface area contributed by atoms with Gasteiger partial charge in [0.1, 0.15) is 11.6 Å². The molecule has 1 aliphatic carbocycles. The number of H-pyrrole nitrogens is 1. The highest BCUT2D eigenvalue weighted by Gasteiger charge is 2.31. The van der Waals surface area contributed by atoms with Gasteiger partial charge >= 0.3 is 0 Å². The average molecular weight is 515 g/mol. The Hall–Kier alpha value is -3.85. The van der Waals surface area contributed by atoms with Crippen molar-refractivity contribution in [2.24, 2.45) is 5.92 Å². The quantitative estimate of drug-likeness (QED) is 0.398. The lowest BCUT2D eigenvalue weighted by Gasteiger charge is -2.38. The number of halogens is 1. The standard InChI is InChI=1S/C29H31FN6O2/c1-38-28-16-23(24(30)17-32-28)21-5-6-25-26(14-21)34-27(33-25)15-22-13-19(7-8-31-22)18-35-9-11-36(12-10-35)29(37)20-3-2-4-20/h5-8,13-14,16-17,20H,2-4,9-12,15,18H2,1H3,(H,33,34). The van der Waals surface area contributed by atoms with Crippen LogP contribution in [-0.4, -0.2) is 68.9 Å². The number of pyridine rings is 2. The first-order valence-corrected chi connectivity index (χ1v) is 13.2. The molecule has 2 aliphatic rings. The van der Waals surface area contributed by atoms with Crippen LogP contribution in [-0.2, 0) is 17.8 Å². The zero-order chi connectivity index (χ0) is 26.1. The summed E-state index contributed by atoms with van der Waals surface area (Å²) in [7, 11) is 1.51. The number of hydrogen-bond donors (Lipinski definition) is 1. The molecule has 0 bridgehead atoms. The second-order valence-corrected chi connectivity index (χ2v) is 10.2. The lowest BCUT2D eigenvalue weighted by molar-refractivity contribution is -0.140. The summed E-state index contributed by atoms with van der Waals surface area (Å²) in [6, 6.07) is 11.4. The second kappa shape index (κ2) is 10.5. The van der Waals surface area contributed by atoms with E-state index in [-0.39, 0.29) is 5.92 Å². The third kappa shape index (κ3) is 5.11. The molecule has 38 heavy (non-hydrogen) atoms. The number of fused-ring (bicyclic) bond motifs is 1. The number of nitrogens with one attached hydrogen (secondary N) is 1. The van der Waals surface area contributed by atoms with E-state index in [1.54, 1.807) is 6.07 Å². The largest absolute Gasteiger partial charge is 0.481 e. The number of aromatic amines is 1. The number of carbonyl (C=O) groups is 1. The fourth-order valence-electron chi connectivity index (χ4n) is 5.26. The van der Waals surface area contributed by atoms with E-state index in [2.05, 4.69) is 32.0 Å². The van der Waals surface area contributed by atoms with Crippen LogP contribution in [0.2, 0.25) is 0 Å². The third-order valence-corrected chi connectivity index (χ3v) is 7.66. The Morgan fingerprint density at radius 3 is 2.71 bits per heavy atom. The zero-order valence-corrected chi connectivity index (χ0v) is 21.5. The van der Waals surface area contributed by atoms with E-state index in [0.717, 1.165) is 73.7 Å². The predicted octanol–water partition coefficient (Wildman–Crippen LogP) is 4.20. The summed E-state index contributed by atoms with van der Waals surface area (Å²) in [6.45, 7) is 4.25. The van der Waals surface area contributed by atoms with Gasteiger partial charge in [-0.25, -0.2) is 14.4 Å². The summed E-state index contributed by atoms with van der Waals surface area (Å²) >= 11 is 0. The number of amides is 1. The van der Waals surface area contributed by atoms with Crippen LogP contribution < -0.4 is 4.74 Å². The van der Waals surface area contributed by atoms with Gasteiger partial charge in [0.2, 0.25) is 11.8 Å². The van der Waals surface area contributed by atoms with Gasteiger partial charge in [-0.1, -0.05) is 12.5 Å². The number of nitrogens with zero attached hydrogens (tertiary/aromatic N) is 5. The SMILES string of the molecule is COc1cc(-c2ccc3nc(Cc4cc(CN5CCN(C(=O)C6CCC6)CC5)ccn4)[nH]c3c2)c(F)cn1. The molecule has 1 saturated carbocycles. The maximum Gasteiger partial charge on any atom is 0.225 e. The summed E-state index contributed by atoms with van der Waals surface area (Å²) in [5, 5.41) is 0. The van der Waals surface area contributed by atoms with Crippen molar-refractivity contribution in [3.05, 3.63) is 71.7 Å². The molecule has 6 rings (SSSR count). The minimum absolute atomic E-state index is 0.273. The monoisotopic (exact) mass is 514 g/mol. The molecule has 0 spiro atoms. The number of hydrogen-bond acceptors (Lipinski definition) is 6. The van der Waals surface area contributed by atoms with E-state index in [0.29, 0.717) is 23.8 Å². The molecule has 9 heteroatoms. The maximum absolute atomic E-state index is 14.4. The van der Waals surface area contributed by atoms with Crippen LogP contribution in [0.4, 0.5) is 4.39 Å². The van der Waals surface area contributed by atoms with Crippen LogP contribution in [0.3, 0.4) is 0 Å². The van der Waals surface area contributed by atoms with Crippen LogP contribution in [0.1, 0.15) is 36.3 Å². The molecule has 0 atom stereocenters.